The van der Waals surface area contributed by atoms with Gasteiger partial charge in [0.25, 0.3) is 0 Å². The average molecular weight is 439 g/mol. The van der Waals surface area contributed by atoms with Crippen LogP contribution in [0, 0.1) is 11.3 Å². The molecule has 1 spiro atoms. The van der Waals surface area contributed by atoms with Crippen LogP contribution in [0.3, 0.4) is 0 Å². The van der Waals surface area contributed by atoms with E-state index in [2.05, 4.69) is 0 Å². The number of para-hydroxylation sites is 1. The number of fused-ring (bicyclic) bond motifs is 2. The number of allylic oxidation sites excluding steroid dienone is 1. The van der Waals surface area contributed by atoms with Gasteiger partial charge in [-0.3, -0.25) is 14.5 Å². The van der Waals surface area contributed by atoms with Crippen LogP contribution in [0.1, 0.15) is 40.2 Å². The first-order valence-corrected chi connectivity index (χ1v) is 10.1. The molecule has 1 amide bonds. The fourth-order valence-corrected chi connectivity index (χ4v) is 4.08. The quantitative estimate of drug-likeness (QED) is 0.706. The van der Waals surface area contributed by atoms with Crippen molar-refractivity contribution in [2.24, 2.45) is 5.73 Å². The lowest BCUT2D eigenvalue weighted by molar-refractivity contribution is -0.153. The van der Waals surface area contributed by atoms with E-state index in [0.717, 1.165) is 0 Å². The summed E-state index contributed by atoms with van der Waals surface area (Å²) in [4.78, 5) is 40.8. The second-order valence-electron chi connectivity index (χ2n) is 8.35. The number of ether oxygens (including phenoxy) is 3. The molecule has 32 heavy (non-hydrogen) atoms. The zero-order chi connectivity index (χ0) is 23.8. The molecule has 1 aromatic rings. The largest absolute Gasteiger partial charge is 0.462 e. The molecule has 1 aromatic carbocycles. The Morgan fingerprint density at radius 2 is 1.94 bits per heavy atom. The first kappa shape index (κ1) is 22.9. The number of nitrogens with zero attached hydrogens (tertiary/aromatic N) is 2. The van der Waals surface area contributed by atoms with Gasteiger partial charge in [0.05, 0.1) is 6.61 Å². The number of nitriles is 1. The standard InChI is InChI=1S/C23H25N3O6/c1-6-30-20(28)18-13(2)31-19(25)15(11-24)23(18)14-9-7-8-10-16(14)26(21(23)29)12-17(27)32-22(3,4)5/h7-10H,6,12,25H2,1-5H3. The van der Waals surface area contributed by atoms with Crippen molar-refractivity contribution in [2.75, 3.05) is 18.1 Å². The predicted octanol–water partition coefficient (Wildman–Crippen LogP) is 2.17. The van der Waals surface area contributed by atoms with E-state index in [0.29, 0.717) is 11.3 Å². The van der Waals surface area contributed by atoms with Crippen molar-refractivity contribution >= 4 is 23.5 Å². The van der Waals surface area contributed by atoms with Crippen molar-refractivity contribution in [2.45, 2.75) is 45.6 Å². The monoisotopic (exact) mass is 439 g/mol. The Kier molecular flexibility index (Phi) is 5.75. The lowest BCUT2D eigenvalue weighted by Crippen LogP contribution is -2.49. The van der Waals surface area contributed by atoms with Gasteiger partial charge in [-0.1, -0.05) is 18.2 Å². The molecule has 0 aliphatic carbocycles. The van der Waals surface area contributed by atoms with E-state index in [4.69, 9.17) is 19.9 Å². The van der Waals surface area contributed by atoms with Crippen LogP contribution >= 0.6 is 0 Å². The summed E-state index contributed by atoms with van der Waals surface area (Å²) in [5.74, 6) is -2.39. The second kappa shape index (κ2) is 8.04. The highest BCUT2D eigenvalue weighted by molar-refractivity contribution is 6.19. The minimum Gasteiger partial charge on any atom is -0.462 e. The number of benzene rings is 1. The summed E-state index contributed by atoms with van der Waals surface area (Å²) >= 11 is 0. The summed E-state index contributed by atoms with van der Waals surface area (Å²) in [5.41, 5.74) is 3.66. The van der Waals surface area contributed by atoms with Crippen LogP contribution in [-0.4, -0.2) is 36.6 Å². The molecule has 3 rings (SSSR count). The highest BCUT2D eigenvalue weighted by Gasteiger charge is 2.62. The second-order valence-corrected chi connectivity index (χ2v) is 8.35. The van der Waals surface area contributed by atoms with E-state index in [1.54, 1.807) is 52.0 Å². The zero-order valence-corrected chi connectivity index (χ0v) is 18.6. The fraction of sp³-hybridized carbons (Fsp3) is 0.391. The van der Waals surface area contributed by atoms with Gasteiger partial charge in [-0.05, 0) is 40.7 Å². The van der Waals surface area contributed by atoms with E-state index < -0.39 is 35.4 Å². The molecule has 1 atom stereocenters. The molecular weight excluding hydrogens is 414 g/mol. The van der Waals surface area contributed by atoms with Crippen molar-refractivity contribution in [3.8, 4) is 6.07 Å². The van der Waals surface area contributed by atoms with Crippen molar-refractivity contribution in [3.63, 3.8) is 0 Å². The number of anilines is 1. The zero-order valence-electron chi connectivity index (χ0n) is 18.6. The van der Waals surface area contributed by atoms with Gasteiger partial charge in [0.15, 0.2) is 5.41 Å². The lowest BCUT2D eigenvalue weighted by Gasteiger charge is -2.34. The molecule has 2 aliphatic rings. The van der Waals surface area contributed by atoms with Crippen LogP contribution in [-0.2, 0) is 34.0 Å². The van der Waals surface area contributed by atoms with Gasteiger partial charge in [0.2, 0.25) is 11.8 Å². The minimum atomic E-state index is -1.90. The maximum Gasteiger partial charge on any atom is 0.339 e. The molecule has 0 saturated heterocycles. The van der Waals surface area contributed by atoms with E-state index >= 15 is 0 Å². The molecule has 9 heteroatoms. The Bertz CT molecular complexity index is 1110. The van der Waals surface area contributed by atoms with E-state index in [9.17, 15) is 19.6 Å². The molecule has 2 heterocycles. The van der Waals surface area contributed by atoms with E-state index in [-0.39, 0.29) is 29.4 Å². The van der Waals surface area contributed by atoms with Gasteiger partial charge in [0, 0.05) is 11.3 Å². The number of nitrogens with two attached hydrogens (primary N) is 1. The Labute approximate surface area is 186 Å². The Morgan fingerprint density at radius 1 is 1.28 bits per heavy atom. The Morgan fingerprint density at radius 3 is 2.53 bits per heavy atom. The Balaban J connectivity index is 2.26. The van der Waals surface area contributed by atoms with Gasteiger partial charge in [-0.15, -0.1) is 0 Å². The van der Waals surface area contributed by atoms with Crippen molar-refractivity contribution < 1.29 is 28.6 Å². The lowest BCUT2D eigenvalue weighted by atomic mass is 9.68. The number of hydrogen-bond donors (Lipinski definition) is 1. The molecule has 0 aromatic heterocycles. The molecule has 0 saturated carbocycles. The number of amides is 1. The summed E-state index contributed by atoms with van der Waals surface area (Å²) in [7, 11) is 0. The maximum absolute atomic E-state index is 14.0. The third-order valence-corrected chi connectivity index (χ3v) is 5.07. The molecule has 1 unspecified atom stereocenters. The van der Waals surface area contributed by atoms with E-state index in [1.807, 2.05) is 6.07 Å². The molecule has 0 radical (unpaired) electrons. The molecule has 0 fully saturated rings. The molecular formula is C23H25N3O6. The first-order chi connectivity index (χ1) is 15.0. The SMILES string of the molecule is CCOC(=O)C1=C(C)OC(N)=C(C#N)C12C(=O)N(CC(=O)OC(C)(C)C)c1ccccc12. The smallest absolute Gasteiger partial charge is 0.339 e. The van der Waals surface area contributed by atoms with Crippen LogP contribution in [0.4, 0.5) is 5.69 Å². The molecule has 9 nitrogen and oxygen atoms in total. The first-order valence-electron chi connectivity index (χ1n) is 10.1. The van der Waals surface area contributed by atoms with Crippen molar-refractivity contribution in [1.82, 2.24) is 0 Å². The summed E-state index contributed by atoms with van der Waals surface area (Å²) in [6.45, 7) is 7.88. The fourth-order valence-electron chi connectivity index (χ4n) is 4.08. The number of rotatable bonds is 4. The van der Waals surface area contributed by atoms with Crippen LogP contribution in [0.15, 0.2) is 47.1 Å². The van der Waals surface area contributed by atoms with Gasteiger partial charge in [-0.25, -0.2) is 4.79 Å². The number of hydrogen-bond acceptors (Lipinski definition) is 8. The average Bonchev–Trinajstić information content (AvgIpc) is 2.90. The summed E-state index contributed by atoms with van der Waals surface area (Å²) < 4.78 is 16.0. The van der Waals surface area contributed by atoms with Crippen LogP contribution < -0.4 is 10.6 Å². The summed E-state index contributed by atoms with van der Waals surface area (Å²) in [6.07, 6.45) is 0. The van der Waals surface area contributed by atoms with Crippen LogP contribution in [0.5, 0.6) is 0 Å². The normalized spacial score (nSPS) is 20.1. The topological polar surface area (TPSA) is 132 Å². The minimum absolute atomic E-state index is 0.0437. The molecule has 2 aliphatic heterocycles. The van der Waals surface area contributed by atoms with Gasteiger partial charge >= 0.3 is 11.9 Å². The highest BCUT2D eigenvalue weighted by Crippen LogP contribution is 2.54. The maximum atomic E-state index is 14.0. The van der Waals surface area contributed by atoms with E-state index in [1.165, 1.54) is 11.8 Å². The molecule has 168 valence electrons. The number of carbonyl (C=O) groups is 3. The van der Waals surface area contributed by atoms with Gasteiger partial charge in [0.1, 0.15) is 35.1 Å². The highest BCUT2D eigenvalue weighted by atomic mass is 16.6. The summed E-state index contributed by atoms with van der Waals surface area (Å²) in [5, 5.41) is 9.96. The Hall–Kier alpha value is -3.80. The summed E-state index contributed by atoms with van der Waals surface area (Å²) in [6, 6.07) is 8.54. The third-order valence-electron chi connectivity index (χ3n) is 5.07. The van der Waals surface area contributed by atoms with Crippen LogP contribution in [0.25, 0.3) is 0 Å². The number of carbonyl (C=O) groups excluding carboxylic acids is 3. The van der Waals surface area contributed by atoms with Gasteiger partial charge < -0.3 is 19.9 Å². The third kappa shape index (κ3) is 3.47. The van der Waals surface area contributed by atoms with Crippen molar-refractivity contribution in [1.29, 1.82) is 5.26 Å². The van der Waals surface area contributed by atoms with Crippen molar-refractivity contribution in [3.05, 3.63) is 52.6 Å². The molecule has 0 bridgehead atoms. The van der Waals surface area contributed by atoms with Crippen LogP contribution in [0.2, 0.25) is 0 Å². The predicted molar refractivity (Wildman–Crippen MR) is 114 cm³/mol. The molecule has 2 N–H and O–H groups in total. The number of esters is 2. The van der Waals surface area contributed by atoms with Gasteiger partial charge in [-0.2, -0.15) is 5.26 Å².